The molecular weight excluding hydrogens is 392 g/mol. The zero-order valence-corrected chi connectivity index (χ0v) is 16.7. The molecule has 0 saturated carbocycles. The quantitative estimate of drug-likeness (QED) is 0.536. The van der Waals surface area contributed by atoms with Crippen molar-refractivity contribution < 1.29 is 9.59 Å². The van der Waals surface area contributed by atoms with Crippen molar-refractivity contribution in [3.63, 3.8) is 0 Å². The van der Waals surface area contributed by atoms with Crippen LogP contribution in [0.5, 0.6) is 0 Å². The third-order valence-electron chi connectivity index (χ3n) is 4.62. The summed E-state index contributed by atoms with van der Waals surface area (Å²) in [5.41, 5.74) is 3.75. The fourth-order valence-electron chi connectivity index (χ4n) is 3.11. The fraction of sp³-hybridized carbons (Fsp3) is 0.238. The monoisotopic (exact) mass is 412 g/mol. The Morgan fingerprint density at radius 1 is 1.00 bits per heavy atom. The van der Waals surface area contributed by atoms with Gasteiger partial charge in [0.1, 0.15) is 0 Å². The molecule has 0 N–H and O–H groups in total. The maximum absolute atomic E-state index is 13.0. The second kappa shape index (κ2) is 7.46. The molecule has 0 bridgehead atoms. The van der Waals surface area contributed by atoms with Crippen LogP contribution in [0.2, 0.25) is 0 Å². The molecule has 134 valence electrons. The van der Waals surface area contributed by atoms with Crippen molar-refractivity contribution in [2.24, 2.45) is 0 Å². The molecule has 0 radical (unpaired) electrons. The molecule has 0 aliphatic heterocycles. The summed E-state index contributed by atoms with van der Waals surface area (Å²) in [6.07, 6.45) is 1.77. The van der Waals surface area contributed by atoms with Crippen molar-refractivity contribution in [2.75, 3.05) is 18.0 Å². The Balaban J connectivity index is 1.99. The van der Waals surface area contributed by atoms with E-state index in [-0.39, 0.29) is 11.6 Å². The zero-order chi connectivity index (χ0) is 18.8. The van der Waals surface area contributed by atoms with E-state index in [0.29, 0.717) is 16.8 Å². The molecule has 3 rings (SSSR count). The Bertz CT molecular complexity index is 970. The highest BCUT2D eigenvalue weighted by molar-refractivity contribution is 9.10. The molecule has 0 unspecified atom stereocenters. The lowest BCUT2D eigenvalue weighted by molar-refractivity contribution is 0.101. The average Bonchev–Trinajstić information content (AvgIpc) is 2.99. The molecule has 4 nitrogen and oxygen atoms in total. The van der Waals surface area contributed by atoms with Crippen molar-refractivity contribution in [1.29, 1.82) is 0 Å². The predicted octanol–water partition coefficient (Wildman–Crippen LogP) is 4.98. The van der Waals surface area contributed by atoms with Crippen molar-refractivity contribution in [3.8, 4) is 0 Å². The van der Waals surface area contributed by atoms with E-state index in [9.17, 15) is 9.59 Å². The Morgan fingerprint density at radius 3 is 2.23 bits per heavy atom. The van der Waals surface area contributed by atoms with E-state index < -0.39 is 0 Å². The highest BCUT2D eigenvalue weighted by atomic mass is 79.9. The smallest absolute Gasteiger partial charge is 0.209 e. The molecule has 2 heterocycles. The number of hydrogen-bond acceptors (Lipinski definition) is 3. The summed E-state index contributed by atoms with van der Waals surface area (Å²) in [7, 11) is 0. The minimum absolute atomic E-state index is 0.000433. The van der Waals surface area contributed by atoms with Gasteiger partial charge >= 0.3 is 0 Å². The van der Waals surface area contributed by atoms with Crippen LogP contribution in [0.3, 0.4) is 0 Å². The zero-order valence-electron chi connectivity index (χ0n) is 15.1. The van der Waals surface area contributed by atoms with E-state index in [1.807, 2.05) is 28.7 Å². The van der Waals surface area contributed by atoms with Gasteiger partial charge in [0, 0.05) is 40.6 Å². The average molecular weight is 413 g/mol. The predicted molar refractivity (Wildman–Crippen MR) is 109 cm³/mol. The van der Waals surface area contributed by atoms with Gasteiger partial charge in [0.15, 0.2) is 5.78 Å². The van der Waals surface area contributed by atoms with Crippen molar-refractivity contribution in [2.45, 2.75) is 20.8 Å². The summed E-state index contributed by atoms with van der Waals surface area (Å²) in [5, 5.41) is 0. The number of anilines is 1. The molecule has 0 aliphatic rings. The molecule has 5 heteroatoms. The number of ketones is 2. The molecule has 2 aromatic heterocycles. The number of nitrogens with zero attached hydrogens (tertiary/aromatic N) is 2. The maximum Gasteiger partial charge on any atom is 0.209 e. The Hall–Kier alpha value is -2.40. The van der Waals surface area contributed by atoms with Gasteiger partial charge in [0.2, 0.25) is 5.78 Å². The summed E-state index contributed by atoms with van der Waals surface area (Å²) < 4.78 is 2.61. The lowest BCUT2D eigenvalue weighted by atomic mass is 10.1. The first kappa shape index (κ1) is 18.4. The van der Waals surface area contributed by atoms with Gasteiger partial charge in [-0.3, -0.25) is 9.59 Å². The lowest BCUT2D eigenvalue weighted by Crippen LogP contribution is -2.21. The number of pyridine rings is 1. The molecule has 0 amide bonds. The molecule has 1 aromatic carbocycles. The third-order valence-corrected chi connectivity index (χ3v) is 5.26. The van der Waals surface area contributed by atoms with E-state index in [4.69, 9.17) is 0 Å². The van der Waals surface area contributed by atoms with Gasteiger partial charge in [-0.15, -0.1) is 0 Å². The first-order valence-electron chi connectivity index (χ1n) is 8.67. The van der Waals surface area contributed by atoms with E-state index in [1.165, 1.54) is 6.92 Å². The van der Waals surface area contributed by atoms with Crippen molar-refractivity contribution >= 4 is 38.7 Å². The lowest BCUT2D eigenvalue weighted by Gasteiger charge is -2.21. The molecular formula is C21H21BrN2O2. The van der Waals surface area contributed by atoms with E-state index in [1.54, 1.807) is 24.4 Å². The van der Waals surface area contributed by atoms with Crippen LogP contribution in [0.1, 0.15) is 47.2 Å². The van der Waals surface area contributed by atoms with Crippen LogP contribution in [0.4, 0.5) is 5.69 Å². The summed E-state index contributed by atoms with van der Waals surface area (Å²) >= 11 is 3.50. The Labute approximate surface area is 161 Å². The summed E-state index contributed by atoms with van der Waals surface area (Å²) in [6, 6.07) is 13.0. The number of halogens is 1. The second-order valence-corrected chi connectivity index (χ2v) is 7.01. The number of aromatic nitrogens is 1. The van der Waals surface area contributed by atoms with Crippen molar-refractivity contribution in [1.82, 2.24) is 4.40 Å². The van der Waals surface area contributed by atoms with Gasteiger partial charge in [-0.2, -0.15) is 0 Å². The highest BCUT2D eigenvalue weighted by Gasteiger charge is 2.17. The second-order valence-electron chi connectivity index (χ2n) is 6.15. The van der Waals surface area contributed by atoms with Gasteiger partial charge in [-0.25, -0.2) is 0 Å². The minimum atomic E-state index is -0.0487. The van der Waals surface area contributed by atoms with Crippen LogP contribution >= 0.6 is 15.9 Å². The first-order chi connectivity index (χ1) is 12.5. The van der Waals surface area contributed by atoms with E-state index >= 15 is 0 Å². The highest BCUT2D eigenvalue weighted by Crippen LogP contribution is 2.26. The first-order valence-corrected chi connectivity index (χ1v) is 9.46. The molecule has 0 saturated heterocycles. The summed E-state index contributed by atoms with van der Waals surface area (Å²) in [4.78, 5) is 26.8. The van der Waals surface area contributed by atoms with Gasteiger partial charge in [-0.05, 0) is 79.2 Å². The number of rotatable bonds is 6. The molecule has 0 spiro atoms. The summed E-state index contributed by atoms with van der Waals surface area (Å²) in [6.45, 7) is 7.62. The van der Waals surface area contributed by atoms with Crippen LogP contribution in [0.15, 0.2) is 53.1 Å². The third kappa shape index (κ3) is 3.31. The fourth-order valence-corrected chi connectivity index (χ4v) is 3.63. The van der Waals surface area contributed by atoms with Gasteiger partial charge in [0.25, 0.3) is 0 Å². The van der Waals surface area contributed by atoms with Crippen LogP contribution in [0.25, 0.3) is 5.52 Å². The molecule has 0 aliphatic carbocycles. The standard InChI is InChI=1S/C21H21BrN2O2/c1-4-23(5-2)17-8-6-15(7-9-17)21(26)20-13-18(22)19-12-16(14(3)25)10-11-24(19)20/h6-13H,4-5H2,1-3H3. The molecule has 26 heavy (non-hydrogen) atoms. The number of benzene rings is 1. The van der Waals surface area contributed by atoms with Gasteiger partial charge < -0.3 is 9.30 Å². The Morgan fingerprint density at radius 2 is 1.65 bits per heavy atom. The normalized spacial score (nSPS) is 10.9. The molecule has 3 aromatic rings. The number of carbonyl (C=O) groups excluding carboxylic acids is 2. The number of carbonyl (C=O) groups is 2. The van der Waals surface area contributed by atoms with Gasteiger partial charge in [0.05, 0.1) is 11.2 Å². The van der Waals surface area contributed by atoms with E-state index in [2.05, 4.69) is 34.7 Å². The maximum atomic E-state index is 13.0. The Kier molecular flexibility index (Phi) is 5.28. The van der Waals surface area contributed by atoms with Gasteiger partial charge in [-0.1, -0.05) is 0 Å². The largest absolute Gasteiger partial charge is 0.372 e. The van der Waals surface area contributed by atoms with Crippen LogP contribution < -0.4 is 4.90 Å². The van der Waals surface area contributed by atoms with E-state index in [0.717, 1.165) is 28.8 Å². The topological polar surface area (TPSA) is 41.8 Å². The minimum Gasteiger partial charge on any atom is -0.372 e. The molecule has 0 atom stereocenters. The summed E-state index contributed by atoms with van der Waals surface area (Å²) in [5.74, 6) is -0.0483. The van der Waals surface area contributed by atoms with Crippen LogP contribution in [-0.4, -0.2) is 29.1 Å². The number of hydrogen-bond donors (Lipinski definition) is 0. The number of fused-ring (bicyclic) bond motifs is 1. The SMILES string of the molecule is CCN(CC)c1ccc(C(=O)c2cc(Br)c3cc(C(C)=O)ccn23)cc1. The molecule has 0 fully saturated rings. The number of Topliss-reactive ketones (excluding diaryl/α,β-unsaturated/α-hetero) is 1. The van der Waals surface area contributed by atoms with Crippen molar-refractivity contribution in [3.05, 3.63) is 70.0 Å². The van der Waals surface area contributed by atoms with Crippen LogP contribution in [0, 0.1) is 0 Å². The van der Waals surface area contributed by atoms with Crippen LogP contribution in [-0.2, 0) is 0 Å².